The maximum Gasteiger partial charge on any atom is 0.191 e. The third-order valence-corrected chi connectivity index (χ3v) is 4.97. The fourth-order valence-corrected chi connectivity index (χ4v) is 3.43. The van der Waals surface area contributed by atoms with E-state index in [1.54, 1.807) is 60.3 Å². The number of allylic oxidation sites excluding steroid dienone is 1. The molecule has 0 amide bonds. The van der Waals surface area contributed by atoms with Crippen LogP contribution in [0.25, 0.3) is 11.4 Å². The van der Waals surface area contributed by atoms with Crippen LogP contribution >= 0.6 is 11.8 Å². The molecular weight excluding hydrogens is 375 g/mol. The number of nitriles is 1. The predicted molar refractivity (Wildman–Crippen MR) is 108 cm³/mol. The van der Waals surface area contributed by atoms with E-state index in [1.165, 1.54) is 6.07 Å². The van der Waals surface area contributed by atoms with E-state index in [1.807, 2.05) is 4.57 Å². The molecule has 1 heterocycles. The molecule has 5 nitrogen and oxygen atoms in total. The molecule has 0 aliphatic rings. The first-order valence-electron chi connectivity index (χ1n) is 8.77. The SMILES string of the molecule is C=CCn1c(SCCCOc2ccc(C#N)cc2)nnc1-c1ccccc1F. The molecule has 0 spiro atoms. The van der Waals surface area contributed by atoms with E-state index in [-0.39, 0.29) is 5.82 Å². The van der Waals surface area contributed by atoms with Crippen molar-refractivity contribution >= 4 is 11.8 Å². The van der Waals surface area contributed by atoms with Crippen LogP contribution in [0.2, 0.25) is 0 Å². The highest BCUT2D eigenvalue weighted by Crippen LogP contribution is 2.26. The molecule has 0 saturated carbocycles. The van der Waals surface area contributed by atoms with Gasteiger partial charge in [0.1, 0.15) is 11.6 Å². The molecule has 3 rings (SSSR count). The number of benzene rings is 2. The van der Waals surface area contributed by atoms with E-state index in [4.69, 9.17) is 10.00 Å². The summed E-state index contributed by atoms with van der Waals surface area (Å²) in [5.74, 6) is 1.69. The van der Waals surface area contributed by atoms with Gasteiger partial charge in [-0.05, 0) is 42.8 Å². The Balaban J connectivity index is 1.57. The molecule has 0 atom stereocenters. The summed E-state index contributed by atoms with van der Waals surface area (Å²) in [7, 11) is 0. The third-order valence-electron chi connectivity index (χ3n) is 3.92. The van der Waals surface area contributed by atoms with Gasteiger partial charge in [0.05, 0.1) is 23.8 Å². The lowest BCUT2D eigenvalue weighted by atomic mass is 10.2. The van der Waals surface area contributed by atoms with Gasteiger partial charge in [-0.3, -0.25) is 4.57 Å². The molecule has 2 aromatic carbocycles. The molecule has 142 valence electrons. The number of halogens is 1. The Hall–Kier alpha value is -3.11. The van der Waals surface area contributed by atoms with Crippen LogP contribution in [0.1, 0.15) is 12.0 Å². The summed E-state index contributed by atoms with van der Waals surface area (Å²) >= 11 is 1.55. The maximum absolute atomic E-state index is 14.1. The fourth-order valence-electron chi connectivity index (χ4n) is 2.57. The van der Waals surface area contributed by atoms with Gasteiger partial charge in [0, 0.05) is 12.3 Å². The highest BCUT2D eigenvalue weighted by molar-refractivity contribution is 7.99. The van der Waals surface area contributed by atoms with Gasteiger partial charge in [-0.15, -0.1) is 16.8 Å². The minimum absolute atomic E-state index is 0.326. The van der Waals surface area contributed by atoms with Crippen LogP contribution in [0.3, 0.4) is 0 Å². The lowest BCUT2D eigenvalue weighted by Gasteiger charge is -2.09. The minimum Gasteiger partial charge on any atom is -0.494 e. The largest absolute Gasteiger partial charge is 0.494 e. The molecule has 0 bridgehead atoms. The first kappa shape index (κ1) is 19.6. The van der Waals surface area contributed by atoms with E-state index in [2.05, 4.69) is 22.8 Å². The van der Waals surface area contributed by atoms with E-state index >= 15 is 0 Å². The molecule has 0 radical (unpaired) electrons. The van der Waals surface area contributed by atoms with Gasteiger partial charge < -0.3 is 4.74 Å². The van der Waals surface area contributed by atoms with Gasteiger partial charge in [-0.2, -0.15) is 5.26 Å². The lowest BCUT2D eigenvalue weighted by Crippen LogP contribution is -2.03. The average molecular weight is 394 g/mol. The van der Waals surface area contributed by atoms with Gasteiger partial charge in [-0.1, -0.05) is 30.0 Å². The highest BCUT2D eigenvalue weighted by Gasteiger charge is 2.16. The van der Waals surface area contributed by atoms with Crippen LogP contribution in [-0.2, 0) is 6.54 Å². The Kier molecular flexibility index (Phi) is 6.82. The van der Waals surface area contributed by atoms with Crippen LogP contribution in [0.4, 0.5) is 4.39 Å². The summed E-state index contributed by atoms with van der Waals surface area (Å²) in [6.45, 7) is 4.82. The normalized spacial score (nSPS) is 10.4. The van der Waals surface area contributed by atoms with Crippen molar-refractivity contribution in [3.63, 3.8) is 0 Å². The van der Waals surface area contributed by atoms with E-state index in [0.29, 0.717) is 30.1 Å². The summed E-state index contributed by atoms with van der Waals surface area (Å²) < 4.78 is 21.7. The van der Waals surface area contributed by atoms with Crippen molar-refractivity contribution in [1.29, 1.82) is 5.26 Å². The smallest absolute Gasteiger partial charge is 0.191 e. The van der Waals surface area contributed by atoms with Crippen molar-refractivity contribution < 1.29 is 9.13 Å². The van der Waals surface area contributed by atoms with Crippen molar-refractivity contribution in [3.05, 3.63) is 72.6 Å². The molecule has 0 N–H and O–H groups in total. The number of ether oxygens (including phenoxy) is 1. The second-order valence-corrected chi connectivity index (χ2v) is 6.93. The first-order valence-corrected chi connectivity index (χ1v) is 9.76. The zero-order valence-corrected chi connectivity index (χ0v) is 16.0. The molecular formula is C21H19FN4OS. The standard InChI is InChI=1S/C21H19FN4OS/c1-2-12-26-20(18-6-3-4-7-19(18)22)24-25-21(26)28-14-5-13-27-17-10-8-16(15-23)9-11-17/h2-4,6-11H,1,5,12-14H2. The Morgan fingerprint density at radius 3 is 2.68 bits per heavy atom. The molecule has 3 aromatic rings. The quantitative estimate of drug-likeness (QED) is 0.299. The summed E-state index contributed by atoms with van der Waals surface area (Å²) in [6.07, 6.45) is 2.55. The van der Waals surface area contributed by atoms with Gasteiger partial charge in [-0.25, -0.2) is 4.39 Å². The third kappa shape index (κ3) is 4.78. The Morgan fingerprint density at radius 1 is 1.18 bits per heavy atom. The van der Waals surface area contributed by atoms with Crippen LogP contribution in [0, 0.1) is 17.1 Å². The van der Waals surface area contributed by atoms with Crippen LogP contribution in [0.5, 0.6) is 5.75 Å². The van der Waals surface area contributed by atoms with E-state index in [9.17, 15) is 4.39 Å². The summed E-state index contributed by atoms with van der Waals surface area (Å²) in [6, 6.07) is 15.6. The minimum atomic E-state index is -0.326. The summed E-state index contributed by atoms with van der Waals surface area (Å²) in [5.41, 5.74) is 1.03. The van der Waals surface area contributed by atoms with E-state index in [0.717, 1.165) is 23.1 Å². The lowest BCUT2D eigenvalue weighted by molar-refractivity contribution is 0.318. The van der Waals surface area contributed by atoms with Gasteiger partial charge in [0.2, 0.25) is 0 Å². The number of aromatic nitrogens is 3. The summed E-state index contributed by atoms with van der Waals surface area (Å²) in [5, 5.41) is 17.9. The second kappa shape index (κ2) is 9.72. The Labute approximate surface area is 167 Å². The highest BCUT2D eigenvalue weighted by atomic mass is 32.2. The fraction of sp³-hybridized carbons (Fsp3) is 0.190. The number of hydrogen-bond acceptors (Lipinski definition) is 5. The average Bonchev–Trinajstić information content (AvgIpc) is 3.11. The van der Waals surface area contributed by atoms with Gasteiger partial charge >= 0.3 is 0 Å². The van der Waals surface area contributed by atoms with Crippen LogP contribution < -0.4 is 4.74 Å². The van der Waals surface area contributed by atoms with Gasteiger partial charge in [0.25, 0.3) is 0 Å². The molecule has 0 saturated heterocycles. The van der Waals surface area contributed by atoms with Crippen molar-refractivity contribution in [3.8, 4) is 23.2 Å². The van der Waals surface area contributed by atoms with Crippen molar-refractivity contribution in [1.82, 2.24) is 14.8 Å². The molecule has 1 aromatic heterocycles. The van der Waals surface area contributed by atoms with Crippen molar-refractivity contribution in [2.75, 3.05) is 12.4 Å². The maximum atomic E-state index is 14.1. The van der Waals surface area contributed by atoms with E-state index < -0.39 is 0 Å². The predicted octanol–water partition coefficient (Wildman–Crippen LogP) is 4.70. The molecule has 0 unspecified atom stereocenters. The zero-order valence-electron chi connectivity index (χ0n) is 15.2. The molecule has 28 heavy (non-hydrogen) atoms. The van der Waals surface area contributed by atoms with Crippen LogP contribution in [0.15, 0.2) is 66.3 Å². The molecule has 0 fully saturated rings. The number of hydrogen-bond donors (Lipinski definition) is 0. The number of rotatable bonds is 9. The number of nitrogens with zero attached hydrogens (tertiary/aromatic N) is 4. The second-order valence-electron chi connectivity index (χ2n) is 5.87. The van der Waals surface area contributed by atoms with Crippen molar-refractivity contribution in [2.45, 2.75) is 18.1 Å². The first-order chi connectivity index (χ1) is 13.7. The molecule has 7 heteroatoms. The molecule has 0 aliphatic carbocycles. The Morgan fingerprint density at radius 2 is 1.96 bits per heavy atom. The zero-order chi connectivity index (χ0) is 19.8. The monoisotopic (exact) mass is 394 g/mol. The van der Waals surface area contributed by atoms with Crippen molar-refractivity contribution in [2.24, 2.45) is 0 Å². The van der Waals surface area contributed by atoms with Gasteiger partial charge in [0.15, 0.2) is 11.0 Å². The number of thioether (sulfide) groups is 1. The topological polar surface area (TPSA) is 63.7 Å². The molecule has 0 aliphatic heterocycles. The Bertz CT molecular complexity index is 979. The summed E-state index contributed by atoms with van der Waals surface area (Å²) in [4.78, 5) is 0. The van der Waals surface area contributed by atoms with Crippen LogP contribution in [-0.4, -0.2) is 27.1 Å².